The van der Waals surface area contributed by atoms with E-state index in [1.54, 1.807) is 0 Å². The van der Waals surface area contributed by atoms with Gasteiger partial charge in [-0.3, -0.25) is 0 Å². The van der Waals surface area contributed by atoms with Crippen LogP contribution in [0.1, 0.15) is 107 Å². The molecule has 8 rings (SSSR count). The maximum atomic E-state index is 12.9. The summed E-state index contributed by atoms with van der Waals surface area (Å²) < 4.78 is 49.5. The molecule has 0 aromatic heterocycles. The number of allylic oxidation sites excluding steroid dienone is 2. The summed E-state index contributed by atoms with van der Waals surface area (Å²) in [6, 6.07) is 0. The van der Waals surface area contributed by atoms with E-state index in [1.807, 2.05) is 34.6 Å². The van der Waals surface area contributed by atoms with Gasteiger partial charge in [-0.2, -0.15) is 0 Å². The summed E-state index contributed by atoms with van der Waals surface area (Å²) in [7, 11) is 0. The summed E-state index contributed by atoms with van der Waals surface area (Å²) in [6.45, 7) is 14.0. The van der Waals surface area contributed by atoms with E-state index >= 15 is 0 Å². The van der Waals surface area contributed by atoms with Crippen LogP contribution in [-0.2, 0) is 37.9 Å². The first-order valence-corrected chi connectivity index (χ1v) is 27.4. The number of hydrogen-bond acceptors (Lipinski definition) is 23. The normalized spacial score (nSPS) is 53.2. The third kappa shape index (κ3) is 10.5. The second-order valence-corrected chi connectivity index (χ2v) is 25.5. The predicted molar refractivity (Wildman–Crippen MR) is 262 cm³/mol. The van der Waals surface area contributed by atoms with Gasteiger partial charge in [0.05, 0.1) is 50.3 Å². The molecule has 30 atom stereocenters. The van der Waals surface area contributed by atoms with E-state index in [2.05, 4.69) is 26.8 Å². The first kappa shape index (κ1) is 60.9. The van der Waals surface area contributed by atoms with Gasteiger partial charge in [0.2, 0.25) is 0 Å². The van der Waals surface area contributed by atoms with Gasteiger partial charge < -0.3 is 114 Å². The topological polar surface area (TPSA) is 377 Å². The third-order valence-electron chi connectivity index (χ3n) is 20.4. The molecule has 23 heteroatoms. The molecular weight excluding hydrogens is 1000 g/mol. The minimum Gasteiger partial charge on any atom is -0.394 e. The van der Waals surface area contributed by atoms with Crippen molar-refractivity contribution in [3.63, 3.8) is 0 Å². The van der Waals surface area contributed by atoms with Gasteiger partial charge in [-0.05, 0) is 117 Å². The zero-order chi connectivity index (χ0) is 55.9. The lowest BCUT2D eigenvalue weighted by atomic mass is 9.34. The van der Waals surface area contributed by atoms with Crippen molar-refractivity contribution in [2.24, 2.45) is 45.3 Å². The highest BCUT2D eigenvalue weighted by molar-refractivity contribution is 5.22. The van der Waals surface area contributed by atoms with Crippen molar-refractivity contribution in [2.75, 3.05) is 26.4 Å². The number of ether oxygens (including phenoxy) is 8. The Kier molecular flexibility index (Phi) is 18.3. The van der Waals surface area contributed by atoms with Crippen LogP contribution in [0.25, 0.3) is 0 Å². The van der Waals surface area contributed by atoms with Gasteiger partial charge in [-0.15, -0.1) is 0 Å². The Labute approximate surface area is 444 Å². The Morgan fingerprint density at radius 3 is 1.83 bits per heavy atom. The molecule has 23 nitrogen and oxygen atoms in total. The lowest BCUT2D eigenvalue weighted by molar-refractivity contribution is -0.383. The summed E-state index contributed by atoms with van der Waals surface area (Å²) in [5.41, 5.74) is -2.92. The van der Waals surface area contributed by atoms with Crippen LogP contribution in [-0.4, -0.2) is 244 Å². The number of fused-ring (bicyclic) bond motifs is 5. The van der Waals surface area contributed by atoms with Crippen LogP contribution in [0.3, 0.4) is 0 Å². The molecule has 8 aliphatic rings. The summed E-state index contributed by atoms with van der Waals surface area (Å²) in [6.07, 6.45) is -27.4. The fourth-order valence-corrected chi connectivity index (χ4v) is 16.0. The Bertz CT molecular complexity index is 1980. The molecule has 4 saturated carbocycles. The Hall–Kier alpha value is -1.18. The minimum atomic E-state index is -1.88. The summed E-state index contributed by atoms with van der Waals surface area (Å²) >= 11 is 0. The van der Waals surface area contributed by atoms with Crippen LogP contribution in [0.5, 0.6) is 0 Å². The van der Waals surface area contributed by atoms with Gasteiger partial charge in [-0.25, -0.2) is 0 Å². The molecule has 4 heterocycles. The Balaban J connectivity index is 1.12. The second kappa shape index (κ2) is 22.9. The van der Waals surface area contributed by atoms with Gasteiger partial charge in [-0.1, -0.05) is 46.3 Å². The highest BCUT2D eigenvalue weighted by Gasteiger charge is 2.74. The fourth-order valence-electron chi connectivity index (χ4n) is 16.0. The van der Waals surface area contributed by atoms with Crippen molar-refractivity contribution >= 4 is 0 Å². The van der Waals surface area contributed by atoms with Crippen LogP contribution in [0.4, 0.5) is 0 Å². The quantitative estimate of drug-likeness (QED) is 0.0591. The third-order valence-corrected chi connectivity index (χ3v) is 20.4. The number of hydrogen-bond donors (Lipinski definition) is 15. The largest absolute Gasteiger partial charge is 0.394 e. The summed E-state index contributed by atoms with van der Waals surface area (Å²) in [4.78, 5) is 0. The van der Waals surface area contributed by atoms with E-state index < -0.39 is 200 Å². The van der Waals surface area contributed by atoms with Crippen molar-refractivity contribution in [3.8, 4) is 0 Å². The Morgan fingerprint density at radius 2 is 1.20 bits per heavy atom. The van der Waals surface area contributed by atoms with Gasteiger partial charge >= 0.3 is 0 Å². The standard InChI is InChI=1S/C53H90O23/c1-22(2)10-9-13-53(8,76-47-42(68)38(64)36(62)29(74-47)21-70-45-40(66)33(59)25(57)20-69-45)23-11-15-51(6)32(23)24(56)16-30-50(5)14-12-31(58)49(3,4)44(50)26(17-52(30,51)7)71-48-43(39(65)35(61)28(19-55)73-48)75-46-41(67)37(63)34(60)27(18-54)72-46/h10,23-48,54-68H,9,11-21H2,1-8H3/t23-,24+,25?,26-,27?,28?,29?,30+,31-,32-,33?,34?,35?,36?,37?,38?,39?,40?,41?,42?,43?,44-,45?,46?,47?,48?,50+,51+,52+,53-/m0/s1. The maximum Gasteiger partial charge on any atom is 0.187 e. The molecule has 4 saturated heterocycles. The maximum absolute atomic E-state index is 12.9. The van der Waals surface area contributed by atoms with E-state index in [0.29, 0.717) is 51.4 Å². The fraction of sp³-hybridized carbons (Fsp3) is 0.962. The van der Waals surface area contributed by atoms with E-state index in [0.717, 1.165) is 5.57 Å². The predicted octanol–water partition coefficient (Wildman–Crippen LogP) is -2.59. The lowest BCUT2D eigenvalue weighted by Gasteiger charge is -2.72. The highest BCUT2D eigenvalue weighted by Crippen LogP contribution is 2.76. The Morgan fingerprint density at radius 1 is 0.618 bits per heavy atom. The second-order valence-electron chi connectivity index (χ2n) is 25.5. The SMILES string of the molecule is CC(C)=CCC[C@](C)(OC1OC(COC2OCC(O)C(O)C2O)C(O)C(O)C1O)[C@H]1CC[C@]2(C)[C@@H]1[C@H](O)C[C@@H]1[C@@]3(C)CC[C@H](O)C(C)(C)[C@@H]3[C@@H](OC3OC(CO)C(O)C(O)C3OC3OC(CO)C(O)C(O)C3O)C[C@]12C. The van der Waals surface area contributed by atoms with Gasteiger partial charge in [0, 0.05) is 0 Å². The van der Waals surface area contributed by atoms with E-state index in [4.69, 9.17) is 37.9 Å². The van der Waals surface area contributed by atoms with E-state index in [1.165, 1.54) is 0 Å². The van der Waals surface area contributed by atoms with Crippen LogP contribution in [0.2, 0.25) is 0 Å². The van der Waals surface area contributed by atoms with E-state index in [-0.39, 0.29) is 12.5 Å². The van der Waals surface area contributed by atoms with Gasteiger partial charge in [0.15, 0.2) is 25.2 Å². The van der Waals surface area contributed by atoms with Crippen molar-refractivity contribution < 1.29 is 114 Å². The summed E-state index contributed by atoms with van der Waals surface area (Å²) in [5.74, 6) is -1.46. The smallest absolute Gasteiger partial charge is 0.187 e. The molecule has 0 bridgehead atoms. The van der Waals surface area contributed by atoms with Crippen LogP contribution in [0, 0.1) is 45.3 Å². The van der Waals surface area contributed by atoms with Crippen molar-refractivity contribution in [2.45, 2.75) is 247 Å². The van der Waals surface area contributed by atoms with Crippen molar-refractivity contribution in [1.82, 2.24) is 0 Å². The average Bonchev–Trinajstić information content (AvgIpc) is 3.77. The molecule has 8 fully saturated rings. The lowest BCUT2D eigenvalue weighted by Crippen LogP contribution is -2.71. The van der Waals surface area contributed by atoms with Crippen LogP contribution < -0.4 is 0 Å². The van der Waals surface area contributed by atoms with Crippen LogP contribution in [0.15, 0.2) is 11.6 Å². The first-order valence-electron chi connectivity index (χ1n) is 27.4. The monoisotopic (exact) mass is 1090 g/mol. The van der Waals surface area contributed by atoms with Crippen molar-refractivity contribution in [3.05, 3.63) is 11.6 Å². The zero-order valence-corrected chi connectivity index (χ0v) is 45.0. The number of rotatable bonds is 15. The van der Waals surface area contributed by atoms with Crippen molar-refractivity contribution in [1.29, 1.82) is 0 Å². The molecule has 0 aromatic carbocycles. The minimum absolute atomic E-state index is 0.160. The molecule has 0 aromatic rings. The zero-order valence-electron chi connectivity index (χ0n) is 45.0. The van der Waals surface area contributed by atoms with E-state index in [9.17, 15) is 76.6 Å². The van der Waals surface area contributed by atoms with Gasteiger partial charge in [0.1, 0.15) is 91.6 Å². The molecule has 0 spiro atoms. The van der Waals surface area contributed by atoms with Crippen LogP contribution >= 0.6 is 0 Å². The average molecular weight is 1100 g/mol. The summed E-state index contributed by atoms with van der Waals surface area (Å²) in [5, 5.41) is 165. The molecule has 440 valence electrons. The number of aliphatic hydroxyl groups excluding tert-OH is 15. The molecule has 0 radical (unpaired) electrons. The molecule has 15 N–H and O–H groups in total. The molecule has 19 unspecified atom stereocenters. The molecule has 0 amide bonds. The van der Waals surface area contributed by atoms with Gasteiger partial charge in [0.25, 0.3) is 0 Å². The number of aliphatic hydroxyl groups is 15. The molecule has 4 aliphatic heterocycles. The molecular formula is C53H90O23. The molecule has 76 heavy (non-hydrogen) atoms. The first-order chi connectivity index (χ1) is 35.5. The molecule has 4 aliphatic carbocycles. The highest BCUT2D eigenvalue weighted by atomic mass is 16.8.